The first-order valence-electron chi connectivity index (χ1n) is 7.54. The second-order valence-corrected chi connectivity index (χ2v) is 5.97. The van der Waals surface area contributed by atoms with Crippen molar-refractivity contribution in [3.8, 4) is 0 Å². The Morgan fingerprint density at radius 1 is 1.20 bits per heavy atom. The molecule has 0 atom stereocenters. The molecule has 0 spiro atoms. The Bertz CT molecular complexity index is 747. The number of thioether (sulfide) groups is 1. The zero-order valence-corrected chi connectivity index (χ0v) is 14.4. The van der Waals surface area contributed by atoms with Gasteiger partial charge in [0.1, 0.15) is 5.78 Å². The number of rotatable bonds is 7. The summed E-state index contributed by atoms with van der Waals surface area (Å²) in [6, 6.07) is 11.1. The number of halogens is 2. The lowest BCUT2D eigenvalue weighted by molar-refractivity contribution is -0.116. The van der Waals surface area contributed by atoms with E-state index in [9.17, 15) is 18.4 Å². The molecule has 5 nitrogen and oxygen atoms in total. The van der Waals surface area contributed by atoms with Crippen molar-refractivity contribution in [2.45, 2.75) is 31.3 Å². The van der Waals surface area contributed by atoms with Crippen LogP contribution in [0.3, 0.4) is 0 Å². The molecule has 2 aromatic rings. The highest BCUT2D eigenvalue weighted by atomic mass is 32.2. The molecule has 1 aromatic heterocycles. The molecule has 0 aliphatic carbocycles. The number of Topliss-reactive ketones (excluding diaryl/α,β-unsaturated/α-hetero) is 1. The van der Waals surface area contributed by atoms with Crippen molar-refractivity contribution >= 4 is 23.8 Å². The van der Waals surface area contributed by atoms with Gasteiger partial charge in [-0.05, 0) is 12.0 Å². The second-order valence-electron chi connectivity index (χ2n) is 5.01. The highest BCUT2D eigenvalue weighted by Gasteiger charge is 2.07. The van der Waals surface area contributed by atoms with E-state index in [0.29, 0.717) is 17.3 Å². The molecule has 1 N–H and O–H groups in total. The number of aromatic amines is 1. The van der Waals surface area contributed by atoms with E-state index in [0.717, 1.165) is 24.1 Å². The lowest BCUT2D eigenvalue weighted by Crippen LogP contribution is -2.12. The summed E-state index contributed by atoms with van der Waals surface area (Å²) in [7, 11) is 0. The summed E-state index contributed by atoms with van der Waals surface area (Å²) in [5, 5.41) is 0.521. The van der Waals surface area contributed by atoms with E-state index in [1.54, 1.807) is 0 Å². The number of nitrogens with one attached hydrogen (secondary N) is 1. The summed E-state index contributed by atoms with van der Waals surface area (Å²) < 4.78 is 19.4. The quantitative estimate of drug-likeness (QED) is 0.458. The molecule has 8 heteroatoms. The molecule has 0 radical (unpaired) electrons. The number of nitrogens with zero attached hydrogens (tertiary/aromatic N) is 1. The van der Waals surface area contributed by atoms with Gasteiger partial charge in [0.15, 0.2) is 5.16 Å². The monoisotopic (exact) mass is 368 g/mol. The van der Waals surface area contributed by atoms with Gasteiger partial charge >= 0.3 is 6.29 Å². The molecular weight excluding hydrogens is 350 g/mol. The number of ketones is 1. The molecule has 0 unspecified atom stereocenters. The van der Waals surface area contributed by atoms with Crippen molar-refractivity contribution in [1.82, 2.24) is 9.97 Å². The number of carbonyl (C=O) groups is 2. The van der Waals surface area contributed by atoms with Crippen molar-refractivity contribution in [2.75, 3.05) is 5.75 Å². The third-order valence-electron chi connectivity index (χ3n) is 2.89. The lowest BCUT2D eigenvalue weighted by atomic mass is 10.1. The van der Waals surface area contributed by atoms with Crippen LogP contribution in [0, 0.1) is 0 Å². The van der Waals surface area contributed by atoms with Crippen LogP contribution in [0.15, 0.2) is 46.3 Å². The van der Waals surface area contributed by atoms with Crippen LogP contribution in [0.25, 0.3) is 0 Å². The van der Waals surface area contributed by atoms with Gasteiger partial charge in [-0.2, -0.15) is 0 Å². The third-order valence-corrected chi connectivity index (χ3v) is 3.83. The summed E-state index contributed by atoms with van der Waals surface area (Å²) in [4.78, 5) is 38.6. The van der Waals surface area contributed by atoms with Crippen molar-refractivity contribution in [3.05, 3.63) is 58.0 Å². The fourth-order valence-electron chi connectivity index (χ4n) is 1.96. The minimum absolute atomic E-state index is 0.120. The van der Waals surface area contributed by atoms with Crippen LogP contribution < -0.4 is 5.56 Å². The number of benzene rings is 1. The maximum absolute atomic E-state index is 11.9. The van der Waals surface area contributed by atoms with E-state index >= 15 is 0 Å². The van der Waals surface area contributed by atoms with E-state index in [-0.39, 0.29) is 11.3 Å². The average molecular weight is 368 g/mol. The highest BCUT2D eigenvalue weighted by molar-refractivity contribution is 7.99. The average Bonchev–Trinajstić information content (AvgIpc) is 2.53. The number of hydrogen-bond donors (Lipinski definition) is 1. The molecule has 2 rings (SSSR count). The molecule has 0 bridgehead atoms. The molecular formula is C17H18F2N2O3S. The Kier molecular flexibility index (Phi) is 9.31. The van der Waals surface area contributed by atoms with Crippen LogP contribution in [-0.2, 0) is 17.6 Å². The largest absolute Gasteiger partial charge is 0.483 e. The zero-order chi connectivity index (χ0) is 18.7. The van der Waals surface area contributed by atoms with Gasteiger partial charge in [0, 0.05) is 18.2 Å². The molecule has 0 fully saturated rings. The molecule has 0 saturated heterocycles. The number of aromatic nitrogens is 2. The molecule has 1 heterocycles. The number of H-pyrrole nitrogens is 1. The van der Waals surface area contributed by atoms with Crippen molar-refractivity contribution in [1.29, 1.82) is 0 Å². The van der Waals surface area contributed by atoms with Gasteiger partial charge in [0.25, 0.3) is 5.56 Å². The van der Waals surface area contributed by atoms with Gasteiger partial charge in [0.2, 0.25) is 0 Å². The SMILES string of the molecule is CCCc1cc(=O)[nH]c(SCC(=O)Cc2ccccc2)n1.O=C(F)F. The molecule has 0 aliphatic heterocycles. The van der Waals surface area contributed by atoms with Crippen LogP contribution in [0.4, 0.5) is 13.6 Å². The maximum Gasteiger partial charge on any atom is 0.483 e. The molecule has 134 valence electrons. The van der Waals surface area contributed by atoms with E-state index in [2.05, 4.69) is 9.97 Å². The first-order chi connectivity index (χ1) is 11.9. The van der Waals surface area contributed by atoms with Crippen molar-refractivity contribution < 1.29 is 18.4 Å². The Morgan fingerprint density at radius 3 is 2.44 bits per heavy atom. The topological polar surface area (TPSA) is 79.9 Å². The molecule has 1 aromatic carbocycles. The van der Waals surface area contributed by atoms with Crippen LogP contribution in [-0.4, -0.2) is 27.8 Å². The van der Waals surface area contributed by atoms with Crippen LogP contribution >= 0.6 is 11.8 Å². The Labute approximate surface area is 147 Å². The zero-order valence-electron chi connectivity index (χ0n) is 13.6. The summed E-state index contributed by atoms with van der Waals surface area (Å²) in [6.45, 7) is 2.04. The summed E-state index contributed by atoms with van der Waals surface area (Å²) in [5.41, 5.74) is 1.62. The summed E-state index contributed by atoms with van der Waals surface area (Å²) >= 11 is 1.29. The number of carbonyl (C=O) groups excluding carboxylic acids is 2. The highest BCUT2D eigenvalue weighted by Crippen LogP contribution is 2.13. The Morgan fingerprint density at radius 2 is 1.84 bits per heavy atom. The summed E-state index contributed by atoms with van der Waals surface area (Å²) in [5.74, 6) is 0.433. The fraction of sp³-hybridized carbons (Fsp3) is 0.294. The van der Waals surface area contributed by atoms with Gasteiger partial charge in [-0.3, -0.25) is 9.59 Å². The normalized spacial score (nSPS) is 9.88. The second kappa shape index (κ2) is 11.2. The van der Waals surface area contributed by atoms with Crippen LogP contribution in [0.5, 0.6) is 0 Å². The molecule has 0 saturated carbocycles. The van der Waals surface area contributed by atoms with Gasteiger partial charge in [-0.1, -0.05) is 55.4 Å². The Balaban J connectivity index is 0.000000705. The van der Waals surface area contributed by atoms with Crippen molar-refractivity contribution in [2.24, 2.45) is 0 Å². The maximum atomic E-state index is 11.9. The van der Waals surface area contributed by atoms with Crippen LogP contribution in [0.2, 0.25) is 0 Å². The molecule has 25 heavy (non-hydrogen) atoms. The van der Waals surface area contributed by atoms with E-state index in [1.165, 1.54) is 17.8 Å². The van der Waals surface area contributed by atoms with Gasteiger partial charge in [-0.25, -0.2) is 9.78 Å². The third kappa shape index (κ3) is 9.51. The fourth-order valence-corrected chi connectivity index (χ4v) is 2.71. The first kappa shape index (κ1) is 20.7. The van der Waals surface area contributed by atoms with E-state index < -0.39 is 6.29 Å². The van der Waals surface area contributed by atoms with Gasteiger partial charge < -0.3 is 4.98 Å². The Hall–Kier alpha value is -2.35. The minimum atomic E-state index is -2.83. The predicted octanol–water partition coefficient (Wildman–Crippen LogP) is 3.67. The van der Waals surface area contributed by atoms with Crippen LogP contribution in [0.1, 0.15) is 24.6 Å². The standard InChI is InChI=1S/C16H18N2O2S.CF2O/c1-2-6-13-10-15(20)18-16(17-13)21-11-14(19)9-12-7-4-3-5-8-12;2-1(3)4/h3-5,7-8,10H,2,6,9,11H2,1H3,(H,17,18,20);. The van der Waals surface area contributed by atoms with Gasteiger partial charge in [-0.15, -0.1) is 8.78 Å². The number of hydrogen-bond acceptors (Lipinski definition) is 5. The minimum Gasteiger partial charge on any atom is -0.301 e. The van der Waals surface area contributed by atoms with Gasteiger partial charge in [0.05, 0.1) is 5.75 Å². The lowest BCUT2D eigenvalue weighted by Gasteiger charge is -2.03. The van der Waals surface area contributed by atoms with E-state index in [1.807, 2.05) is 37.3 Å². The predicted molar refractivity (Wildman–Crippen MR) is 92.3 cm³/mol. The van der Waals surface area contributed by atoms with E-state index in [4.69, 9.17) is 4.79 Å². The molecule has 0 aliphatic rings. The number of aryl methyl sites for hydroxylation is 1. The van der Waals surface area contributed by atoms with Crippen molar-refractivity contribution in [3.63, 3.8) is 0 Å². The molecule has 0 amide bonds. The first-order valence-corrected chi connectivity index (χ1v) is 8.53. The smallest absolute Gasteiger partial charge is 0.301 e. The summed E-state index contributed by atoms with van der Waals surface area (Å²) in [6.07, 6.45) is -0.713.